The van der Waals surface area contributed by atoms with Gasteiger partial charge < -0.3 is 18.9 Å². The first kappa shape index (κ1) is 27.2. The summed E-state index contributed by atoms with van der Waals surface area (Å²) in [6.45, 7) is 3.19. The van der Waals surface area contributed by atoms with E-state index in [9.17, 15) is 4.79 Å². The molecule has 0 aliphatic carbocycles. The first-order chi connectivity index (χ1) is 20.6. The number of Topliss-reactive ketones (excluding diaryl/α,β-unsaturated/α-hetero) is 1. The van der Waals surface area contributed by atoms with E-state index in [1.54, 1.807) is 0 Å². The molecule has 0 bridgehead atoms. The Hall–Kier alpha value is -5.03. The predicted octanol–water partition coefficient (Wildman–Crippen LogP) is 7.98. The summed E-state index contributed by atoms with van der Waals surface area (Å²) in [6, 6.07) is 39.5. The van der Waals surface area contributed by atoms with E-state index in [1.807, 2.05) is 128 Å². The van der Waals surface area contributed by atoms with Gasteiger partial charge in [-0.15, -0.1) is 0 Å². The smallest absolute Gasteiger partial charge is 0.182 e. The minimum Gasteiger partial charge on any atom is -0.488 e. The zero-order valence-corrected chi connectivity index (χ0v) is 23.5. The van der Waals surface area contributed by atoms with Crippen LogP contribution in [0.1, 0.15) is 39.5 Å². The van der Waals surface area contributed by atoms with Crippen LogP contribution in [0.25, 0.3) is 0 Å². The second-order valence-electron chi connectivity index (χ2n) is 10.4. The number of benzene rings is 5. The van der Waals surface area contributed by atoms with E-state index in [1.165, 1.54) is 0 Å². The van der Waals surface area contributed by atoms with Crippen molar-refractivity contribution in [2.45, 2.75) is 39.3 Å². The van der Waals surface area contributed by atoms with Gasteiger partial charge in [-0.3, -0.25) is 4.79 Å². The van der Waals surface area contributed by atoms with Gasteiger partial charge in [-0.25, -0.2) is 0 Å². The second-order valence-corrected chi connectivity index (χ2v) is 10.4. The SMILES string of the molecule is Cc1cc(OCc2ccccc2)c2c(c1)OC(c1ccc(OCc3ccccc3)c(OCc3ccccc3)c1)C(=O)C2. The summed E-state index contributed by atoms with van der Waals surface area (Å²) in [5, 5.41) is 0. The van der Waals surface area contributed by atoms with E-state index in [-0.39, 0.29) is 12.2 Å². The Balaban J connectivity index is 1.25. The third-order valence-corrected chi connectivity index (χ3v) is 7.18. The summed E-state index contributed by atoms with van der Waals surface area (Å²) in [4.78, 5) is 13.5. The van der Waals surface area contributed by atoms with Crippen molar-refractivity contribution in [3.63, 3.8) is 0 Å². The third-order valence-electron chi connectivity index (χ3n) is 7.18. The fraction of sp³-hybridized carbons (Fsp3) is 0.162. The first-order valence-electron chi connectivity index (χ1n) is 14.1. The minimum absolute atomic E-state index is 0.0390. The predicted molar refractivity (Wildman–Crippen MR) is 162 cm³/mol. The van der Waals surface area contributed by atoms with Crippen molar-refractivity contribution >= 4 is 5.78 Å². The highest BCUT2D eigenvalue weighted by molar-refractivity contribution is 5.89. The molecule has 1 heterocycles. The van der Waals surface area contributed by atoms with Crippen LogP contribution in [-0.2, 0) is 31.0 Å². The molecule has 5 aromatic carbocycles. The average molecular weight is 557 g/mol. The molecule has 5 nitrogen and oxygen atoms in total. The molecule has 42 heavy (non-hydrogen) atoms. The topological polar surface area (TPSA) is 54.0 Å². The van der Waals surface area contributed by atoms with Gasteiger partial charge >= 0.3 is 0 Å². The van der Waals surface area contributed by atoms with Gasteiger partial charge in [0.1, 0.15) is 31.3 Å². The summed E-state index contributed by atoms with van der Waals surface area (Å²) in [5.41, 5.74) is 5.65. The molecule has 1 atom stereocenters. The standard InChI is InChI=1S/C37H32O5/c1-26-19-34(40-24-28-13-7-3-8-14-28)31-22-32(38)37(42-35(31)20-26)30-17-18-33(39-23-27-11-5-2-6-12-27)36(21-30)41-25-29-15-9-4-10-16-29/h2-21,37H,22-25H2,1H3. The molecule has 0 radical (unpaired) electrons. The van der Waals surface area contributed by atoms with Crippen LogP contribution in [0, 0.1) is 6.92 Å². The molecule has 6 rings (SSSR count). The van der Waals surface area contributed by atoms with Crippen molar-refractivity contribution in [1.29, 1.82) is 0 Å². The lowest BCUT2D eigenvalue weighted by atomic mass is 9.94. The lowest BCUT2D eigenvalue weighted by Gasteiger charge is -2.28. The third kappa shape index (κ3) is 6.47. The maximum absolute atomic E-state index is 13.5. The minimum atomic E-state index is -0.761. The molecule has 0 spiro atoms. The molecule has 210 valence electrons. The van der Waals surface area contributed by atoms with Gasteiger partial charge in [-0.05, 0) is 53.4 Å². The Morgan fingerprint density at radius 1 is 0.619 bits per heavy atom. The summed E-state index contributed by atoms with van der Waals surface area (Å²) in [5.74, 6) is 2.47. The zero-order chi connectivity index (χ0) is 28.7. The molecule has 0 saturated heterocycles. The molecule has 1 aliphatic rings. The molecule has 5 aromatic rings. The van der Waals surface area contributed by atoms with Crippen molar-refractivity contribution in [2.75, 3.05) is 0 Å². The van der Waals surface area contributed by atoms with Crippen LogP contribution in [0.2, 0.25) is 0 Å². The molecule has 0 saturated carbocycles. The number of carbonyl (C=O) groups excluding carboxylic acids is 1. The number of aryl methyl sites for hydroxylation is 1. The Bertz CT molecular complexity index is 1650. The fourth-order valence-corrected chi connectivity index (χ4v) is 5.00. The number of rotatable bonds is 10. The van der Waals surface area contributed by atoms with Gasteiger partial charge in [0.25, 0.3) is 0 Å². The monoisotopic (exact) mass is 556 g/mol. The molecule has 1 aliphatic heterocycles. The number of fused-ring (bicyclic) bond motifs is 1. The van der Waals surface area contributed by atoms with Crippen LogP contribution in [0.3, 0.4) is 0 Å². The first-order valence-corrected chi connectivity index (χ1v) is 14.1. The normalized spacial score (nSPS) is 14.0. The molecule has 0 amide bonds. The van der Waals surface area contributed by atoms with Crippen LogP contribution in [0.15, 0.2) is 121 Å². The van der Waals surface area contributed by atoms with E-state index in [0.29, 0.717) is 48.4 Å². The largest absolute Gasteiger partial charge is 0.488 e. The molecular weight excluding hydrogens is 524 g/mol. The molecule has 0 N–H and O–H groups in total. The highest BCUT2D eigenvalue weighted by atomic mass is 16.5. The van der Waals surface area contributed by atoms with Gasteiger partial charge in [0, 0.05) is 17.5 Å². The number of ketones is 1. The molecule has 0 aromatic heterocycles. The Morgan fingerprint density at radius 3 is 1.71 bits per heavy atom. The van der Waals surface area contributed by atoms with Gasteiger partial charge in [0.05, 0.1) is 0 Å². The summed E-state index contributed by atoms with van der Waals surface area (Å²) in [7, 11) is 0. The highest BCUT2D eigenvalue weighted by Crippen LogP contribution is 2.41. The van der Waals surface area contributed by atoms with Gasteiger partial charge in [0.15, 0.2) is 23.4 Å². The van der Waals surface area contributed by atoms with E-state index in [4.69, 9.17) is 18.9 Å². The highest BCUT2D eigenvalue weighted by Gasteiger charge is 2.32. The fourth-order valence-electron chi connectivity index (χ4n) is 5.00. The van der Waals surface area contributed by atoms with Gasteiger partial charge in [0.2, 0.25) is 0 Å². The Kier molecular flexibility index (Phi) is 8.18. The van der Waals surface area contributed by atoms with E-state index in [2.05, 4.69) is 0 Å². The van der Waals surface area contributed by atoms with E-state index < -0.39 is 6.10 Å². The van der Waals surface area contributed by atoms with Crippen LogP contribution in [0.4, 0.5) is 0 Å². The molecular formula is C37H32O5. The summed E-state index contributed by atoms with van der Waals surface area (Å²) < 4.78 is 24.9. The number of ether oxygens (including phenoxy) is 4. The lowest BCUT2D eigenvalue weighted by Crippen LogP contribution is -2.26. The average Bonchev–Trinajstić information content (AvgIpc) is 3.03. The summed E-state index contributed by atoms with van der Waals surface area (Å²) in [6.07, 6.45) is -0.542. The zero-order valence-electron chi connectivity index (χ0n) is 23.5. The maximum atomic E-state index is 13.5. The van der Waals surface area contributed by atoms with Gasteiger partial charge in [-0.2, -0.15) is 0 Å². The number of carbonyl (C=O) groups is 1. The maximum Gasteiger partial charge on any atom is 0.182 e. The van der Waals surface area contributed by atoms with Crippen molar-refractivity contribution in [2.24, 2.45) is 0 Å². The van der Waals surface area contributed by atoms with Crippen LogP contribution in [0.5, 0.6) is 23.0 Å². The Morgan fingerprint density at radius 2 is 1.14 bits per heavy atom. The lowest BCUT2D eigenvalue weighted by molar-refractivity contribution is -0.126. The molecule has 0 fully saturated rings. The Labute approximate surface area is 246 Å². The quantitative estimate of drug-likeness (QED) is 0.175. The van der Waals surface area contributed by atoms with E-state index >= 15 is 0 Å². The van der Waals surface area contributed by atoms with Crippen LogP contribution in [-0.4, -0.2) is 5.78 Å². The van der Waals surface area contributed by atoms with Crippen molar-refractivity contribution in [1.82, 2.24) is 0 Å². The summed E-state index contributed by atoms with van der Waals surface area (Å²) >= 11 is 0. The molecule has 1 unspecified atom stereocenters. The van der Waals surface area contributed by atoms with Crippen molar-refractivity contribution in [3.05, 3.63) is 155 Å². The van der Waals surface area contributed by atoms with E-state index in [0.717, 1.165) is 27.8 Å². The number of hydrogen-bond acceptors (Lipinski definition) is 5. The number of hydrogen-bond donors (Lipinski definition) is 0. The molecule has 5 heteroatoms. The van der Waals surface area contributed by atoms with Crippen LogP contribution >= 0.6 is 0 Å². The van der Waals surface area contributed by atoms with Gasteiger partial charge in [-0.1, -0.05) is 97.1 Å². The van der Waals surface area contributed by atoms with Crippen molar-refractivity contribution < 1.29 is 23.7 Å². The van der Waals surface area contributed by atoms with Crippen molar-refractivity contribution in [3.8, 4) is 23.0 Å². The second kappa shape index (κ2) is 12.6. The van der Waals surface area contributed by atoms with Crippen LogP contribution < -0.4 is 18.9 Å².